The van der Waals surface area contributed by atoms with Gasteiger partial charge in [0.2, 0.25) is 0 Å². The van der Waals surface area contributed by atoms with Gasteiger partial charge in [0, 0.05) is 35.3 Å². The van der Waals surface area contributed by atoms with Crippen molar-refractivity contribution >= 4 is 38.2 Å². The van der Waals surface area contributed by atoms with Crippen LogP contribution < -0.4 is 9.46 Å². The average molecular weight is 453 g/mol. The van der Waals surface area contributed by atoms with Gasteiger partial charge >= 0.3 is 6.61 Å². The molecule has 0 saturated carbocycles. The lowest BCUT2D eigenvalue weighted by atomic mass is 10.2. The zero-order valence-electron chi connectivity index (χ0n) is 14.4. The van der Waals surface area contributed by atoms with E-state index in [1.54, 1.807) is 0 Å². The van der Waals surface area contributed by atoms with Crippen LogP contribution in [0.4, 0.5) is 23.2 Å². The van der Waals surface area contributed by atoms with E-state index in [2.05, 4.69) is 4.74 Å². The molecule has 0 atom stereocenters. The van der Waals surface area contributed by atoms with E-state index in [9.17, 15) is 31.1 Å². The highest BCUT2D eigenvalue weighted by atomic mass is 35.5. The van der Waals surface area contributed by atoms with E-state index in [1.165, 1.54) is 29.0 Å². The summed E-state index contributed by atoms with van der Waals surface area (Å²) in [5.74, 6) is -3.75. The molecule has 0 fully saturated rings. The summed E-state index contributed by atoms with van der Waals surface area (Å²) in [6.07, 6.45) is 1.21. The Bertz CT molecular complexity index is 1170. The van der Waals surface area contributed by atoms with Crippen LogP contribution in [-0.4, -0.2) is 31.3 Å². The van der Waals surface area contributed by atoms with Crippen molar-refractivity contribution in [2.45, 2.75) is 18.1 Å². The third-order valence-electron chi connectivity index (χ3n) is 3.92. The van der Waals surface area contributed by atoms with E-state index in [0.29, 0.717) is 22.7 Å². The summed E-state index contributed by atoms with van der Waals surface area (Å²) in [5.41, 5.74) is -0.389. The maximum Gasteiger partial charge on any atom is 0.387 e. The van der Waals surface area contributed by atoms with Gasteiger partial charge in [-0.1, -0.05) is 11.6 Å². The lowest BCUT2D eigenvalue weighted by molar-refractivity contribution is -0.0523. The second-order valence-electron chi connectivity index (χ2n) is 5.82. The first-order valence-electron chi connectivity index (χ1n) is 7.98. The first-order chi connectivity index (χ1) is 13.6. The lowest BCUT2D eigenvalue weighted by Crippen LogP contribution is -2.14. The fourth-order valence-corrected chi connectivity index (χ4v) is 4.18. The molecule has 0 radical (unpaired) electrons. The molecule has 0 spiro atoms. The molecule has 3 rings (SSSR count). The summed E-state index contributed by atoms with van der Waals surface area (Å²) in [6.45, 7) is -3.60. The molecule has 156 valence electrons. The number of rotatable bonds is 7. The van der Waals surface area contributed by atoms with Crippen LogP contribution in [0.2, 0.25) is 5.02 Å². The Morgan fingerprint density at radius 2 is 1.90 bits per heavy atom. The molecule has 0 unspecified atom stereocenters. The van der Waals surface area contributed by atoms with Crippen LogP contribution in [0.3, 0.4) is 0 Å². The maximum absolute atomic E-state index is 14.1. The minimum atomic E-state index is -4.42. The van der Waals surface area contributed by atoms with Gasteiger partial charge in [-0.05, 0) is 18.2 Å². The van der Waals surface area contributed by atoms with Crippen molar-refractivity contribution in [1.29, 1.82) is 0 Å². The Labute approximate surface area is 167 Å². The summed E-state index contributed by atoms with van der Waals surface area (Å²) < 4.78 is 85.2. The number of alkyl halides is 2. The van der Waals surface area contributed by atoms with Crippen LogP contribution in [-0.2, 0) is 16.6 Å². The molecule has 3 aromatic rings. The molecule has 1 heterocycles. The molecule has 6 nitrogen and oxygen atoms in total. The number of nitrogens with zero attached hydrogens (tertiary/aromatic N) is 1. The summed E-state index contributed by atoms with van der Waals surface area (Å²) in [6, 6.07) is 5.07. The Hall–Kier alpha value is -2.50. The van der Waals surface area contributed by atoms with Crippen molar-refractivity contribution in [2.75, 3.05) is 11.3 Å². The topological polar surface area (TPSA) is 80.6 Å². The monoisotopic (exact) mass is 452 g/mol. The van der Waals surface area contributed by atoms with E-state index < -0.39 is 39.7 Å². The number of anilines is 1. The highest BCUT2D eigenvalue weighted by Gasteiger charge is 2.24. The molecule has 12 heteroatoms. The molecular formula is C17H13ClF4N2O4S. The third-order valence-corrected chi connectivity index (χ3v) is 5.55. The first kappa shape index (κ1) is 21.2. The standard InChI is InChI=1S/C17H13ClF4N2O4S/c18-9-1-2-10-14(5-9)24(3-4-25)8-16(10)29(26,27)23-13-6-12(20)15(7-11(13)19)28-17(21)22/h1-2,5-8,17,23,25H,3-4H2. The molecule has 2 N–H and O–H groups in total. The van der Waals surface area contributed by atoms with Gasteiger partial charge in [-0.25, -0.2) is 17.2 Å². The molecule has 0 aliphatic carbocycles. The lowest BCUT2D eigenvalue weighted by Gasteiger charge is -2.11. The number of aromatic nitrogens is 1. The van der Waals surface area contributed by atoms with Crippen molar-refractivity contribution in [3.8, 4) is 5.75 Å². The molecule has 0 saturated heterocycles. The molecule has 1 aromatic heterocycles. The van der Waals surface area contributed by atoms with E-state index in [1.807, 2.05) is 4.72 Å². The zero-order chi connectivity index (χ0) is 21.3. The van der Waals surface area contributed by atoms with Crippen LogP contribution in [0.25, 0.3) is 10.9 Å². The van der Waals surface area contributed by atoms with Crippen LogP contribution in [0.5, 0.6) is 5.75 Å². The number of aliphatic hydroxyl groups excluding tert-OH is 1. The third kappa shape index (κ3) is 4.41. The largest absolute Gasteiger partial charge is 0.432 e. The van der Waals surface area contributed by atoms with E-state index in [0.717, 1.165) is 0 Å². The number of sulfonamides is 1. The Morgan fingerprint density at radius 1 is 1.17 bits per heavy atom. The van der Waals surface area contributed by atoms with Crippen molar-refractivity contribution < 1.29 is 35.8 Å². The fraction of sp³-hybridized carbons (Fsp3) is 0.176. The van der Waals surface area contributed by atoms with Crippen LogP contribution in [0.1, 0.15) is 0 Å². The normalized spacial score (nSPS) is 12.0. The van der Waals surface area contributed by atoms with Gasteiger partial charge in [0.15, 0.2) is 17.4 Å². The molecule has 0 aliphatic rings. The molecule has 29 heavy (non-hydrogen) atoms. The average Bonchev–Trinajstić information content (AvgIpc) is 2.98. The number of benzene rings is 2. The molecule has 0 bridgehead atoms. The van der Waals surface area contributed by atoms with E-state index in [4.69, 9.17) is 11.6 Å². The quantitative estimate of drug-likeness (QED) is 0.532. The van der Waals surface area contributed by atoms with Gasteiger partial charge in [-0.15, -0.1) is 0 Å². The molecule has 0 amide bonds. The maximum atomic E-state index is 14.1. The number of ether oxygens (including phenoxy) is 1. The van der Waals surface area contributed by atoms with Gasteiger partial charge in [0.1, 0.15) is 4.90 Å². The highest BCUT2D eigenvalue weighted by molar-refractivity contribution is 7.93. The Balaban J connectivity index is 2.04. The van der Waals surface area contributed by atoms with E-state index in [-0.39, 0.29) is 23.4 Å². The van der Waals surface area contributed by atoms with Gasteiger partial charge in [0.25, 0.3) is 10.0 Å². The summed E-state index contributed by atoms with van der Waals surface area (Å²) >= 11 is 5.94. The number of nitrogens with one attached hydrogen (secondary N) is 1. The fourth-order valence-electron chi connectivity index (χ4n) is 2.73. The van der Waals surface area contributed by atoms with Crippen molar-refractivity contribution in [1.82, 2.24) is 4.57 Å². The summed E-state index contributed by atoms with van der Waals surface area (Å²) in [7, 11) is -4.42. The minimum Gasteiger partial charge on any atom is -0.432 e. The van der Waals surface area contributed by atoms with Gasteiger partial charge < -0.3 is 14.4 Å². The predicted octanol–water partition coefficient (Wildman–Crippen LogP) is 3.97. The van der Waals surface area contributed by atoms with Gasteiger partial charge in [-0.2, -0.15) is 8.78 Å². The SMILES string of the molecule is O=S(=O)(Nc1cc(F)c(OC(F)F)cc1F)c1cn(CCO)c2cc(Cl)ccc12. The summed E-state index contributed by atoms with van der Waals surface area (Å²) in [4.78, 5) is -0.273. The predicted molar refractivity (Wildman–Crippen MR) is 97.8 cm³/mol. The van der Waals surface area contributed by atoms with Crippen LogP contribution in [0, 0.1) is 11.6 Å². The minimum absolute atomic E-state index is 0.0645. The van der Waals surface area contributed by atoms with E-state index >= 15 is 0 Å². The molecule has 2 aromatic carbocycles. The number of halogens is 5. The zero-order valence-corrected chi connectivity index (χ0v) is 15.9. The number of hydrogen-bond acceptors (Lipinski definition) is 4. The first-order valence-corrected chi connectivity index (χ1v) is 9.84. The van der Waals surface area contributed by atoms with Crippen molar-refractivity contribution in [3.05, 3.63) is 53.2 Å². The van der Waals surface area contributed by atoms with Crippen LogP contribution >= 0.6 is 11.6 Å². The van der Waals surface area contributed by atoms with Crippen molar-refractivity contribution in [2.24, 2.45) is 0 Å². The Kier molecular flexibility index (Phi) is 5.92. The Morgan fingerprint density at radius 3 is 2.55 bits per heavy atom. The second kappa shape index (κ2) is 8.09. The van der Waals surface area contributed by atoms with Crippen molar-refractivity contribution in [3.63, 3.8) is 0 Å². The highest BCUT2D eigenvalue weighted by Crippen LogP contribution is 2.31. The van der Waals surface area contributed by atoms with Gasteiger partial charge in [0.05, 0.1) is 17.8 Å². The molecular weight excluding hydrogens is 440 g/mol. The summed E-state index contributed by atoms with van der Waals surface area (Å²) in [5, 5.41) is 9.73. The molecule has 0 aliphatic heterocycles. The van der Waals surface area contributed by atoms with Gasteiger partial charge in [-0.3, -0.25) is 4.72 Å². The van der Waals surface area contributed by atoms with Crippen LogP contribution in [0.15, 0.2) is 41.4 Å². The number of hydrogen-bond donors (Lipinski definition) is 2. The number of fused-ring (bicyclic) bond motifs is 1. The smallest absolute Gasteiger partial charge is 0.387 e. The second-order valence-corrected chi connectivity index (χ2v) is 7.91. The number of aliphatic hydroxyl groups is 1.